The molecule has 4 nitrogen and oxygen atoms in total. The first-order valence-corrected chi connectivity index (χ1v) is 7.04. The van der Waals surface area contributed by atoms with E-state index in [4.69, 9.17) is 9.47 Å². The minimum absolute atomic E-state index is 0.279. The standard InChI is InChI=1S/C16H15BrO4/c1-9-10(5-4-6-11(9)16(18)19)12-7-8-13(20-2)14(17)15(12)21-3/h4-8H,1-3H3,(H,18,19). The van der Waals surface area contributed by atoms with Gasteiger partial charge in [0.2, 0.25) is 0 Å². The Labute approximate surface area is 131 Å². The summed E-state index contributed by atoms with van der Waals surface area (Å²) < 4.78 is 11.4. The van der Waals surface area contributed by atoms with Gasteiger partial charge in [0.15, 0.2) is 0 Å². The van der Waals surface area contributed by atoms with E-state index in [-0.39, 0.29) is 5.56 Å². The van der Waals surface area contributed by atoms with Crippen LogP contribution in [0.15, 0.2) is 34.8 Å². The zero-order chi connectivity index (χ0) is 15.6. The fraction of sp³-hybridized carbons (Fsp3) is 0.188. The van der Waals surface area contributed by atoms with Gasteiger partial charge in [-0.1, -0.05) is 12.1 Å². The number of benzene rings is 2. The van der Waals surface area contributed by atoms with Gasteiger partial charge in [-0.3, -0.25) is 0 Å². The van der Waals surface area contributed by atoms with E-state index in [1.54, 1.807) is 33.3 Å². The van der Waals surface area contributed by atoms with Crippen LogP contribution in [0.5, 0.6) is 11.5 Å². The van der Waals surface area contributed by atoms with Crippen LogP contribution in [0, 0.1) is 6.92 Å². The molecule has 0 spiro atoms. The Bertz CT molecular complexity index is 695. The van der Waals surface area contributed by atoms with Gasteiger partial charge in [-0.25, -0.2) is 4.79 Å². The summed E-state index contributed by atoms with van der Waals surface area (Å²) in [6, 6.07) is 8.86. The van der Waals surface area contributed by atoms with Crippen LogP contribution in [-0.2, 0) is 0 Å². The van der Waals surface area contributed by atoms with Crippen molar-refractivity contribution >= 4 is 21.9 Å². The van der Waals surface area contributed by atoms with Crippen molar-refractivity contribution in [2.75, 3.05) is 14.2 Å². The lowest BCUT2D eigenvalue weighted by molar-refractivity contribution is 0.0696. The number of carbonyl (C=O) groups is 1. The van der Waals surface area contributed by atoms with Gasteiger partial charge < -0.3 is 14.6 Å². The summed E-state index contributed by atoms with van der Waals surface area (Å²) >= 11 is 3.46. The van der Waals surface area contributed by atoms with E-state index < -0.39 is 5.97 Å². The second-order valence-electron chi connectivity index (χ2n) is 4.45. The van der Waals surface area contributed by atoms with E-state index >= 15 is 0 Å². The molecule has 1 N–H and O–H groups in total. The van der Waals surface area contributed by atoms with Crippen molar-refractivity contribution in [2.45, 2.75) is 6.92 Å². The molecule has 0 radical (unpaired) electrons. The quantitative estimate of drug-likeness (QED) is 0.900. The fourth-order valence-corrected chi connectivity index (χ4v) is 2.94. The van der Waals surface area contributed by atoms with Crippen LogP contribution < -0.4 is 9.47 Å². The van der Waals surface area contributed by atoms with E-state index in [0.717, 1.165) is 11.1 Å². The Morgan fingerprint density at radius 3 is 2.38 bits per heavy atom. The summed E-state index contributed by atoms with van der Waals surface area (Å²) in [5.41, 5.74) is 2.60. The maximum absolute atomic E-state index is 11.3. The number of aromatic carboxylic acids is 1. The molecule has 0 aromatic heterocycles. The molecule has 0 saturated heterocycles. The first kappa shape index (κ1) is 15.4. The molecule has 0 aliphatic carbocycles. The smallest absolute Gasteiger partial charge is 0.335 e. The number of carboxylic acid groups (broad SMARTS) is 1. The predicted molar refractivity (Wildman–Crippen MR) is 84.4 cm³/mol. The van der Waals surface area contributed by atoms with Gasteiger partial charge in [-0.2, -0.15) is 0 Å². The lowest BCUT2D eigenvalue weighted by atomic mass is 9.95. The summed E-state index contributed by atoms with van der Waals surface area (Å²) in [6.07, 6.45) is 0. The normalized spacial score (nSPS) is 10.3. The van der Waals surface area contributed by atoms with Gasteiger partial charge >= 0.3 is 5.97 Å². The molecule has 5 heteroatoms. The van der Waals surface area contributed by atoms with Gasteiger partial charge in [0.25, 0.3) is 0 Å². The van der Waals surface area contributed by atoms with Crippen LogP contribution in [0.2, 0.25) is 0 Å². The minimum atomic E-state index is -0.944. The highest BCUT2D eigenvalue weighted by Gasteiger charge is 2.18. The Morgan fingerprint density at radius 1 is 1.10 bits per heavy atom. The number of methoxy groups -OCH3 is 2. The molecule has 0 heterocycles. The first-order chi connectivity index (χ1) is 10.0. The Kier molecular flexibility index (Phi) is 4.53. The molecule has 2 aromatic carbocycles. The molecule has 0 aliphatic heterocycles. The molecule has 2 aromatic rings. The van der Waals surface area contributed by atoms with Gasteiger partial charge in [0.05, 0.1) is 19.8 Å². The third-order valence-corrected chi connectivity index (χ3v) is 4.09. The van der Waals surface area contributed by atoms with Crippen molar-refractivity contribution in [3.05, 3.63) is 45.9 Å². The number of halogens is 1. The lowest BCUT2D eigenvalue weighted by Crippen LogP contribution is -2.01. The Hall–Kier alpha value is -2.01. The number of carboxylic acids is 1. The molecule has 0 saturated carbocycles. The van der Waals surface area contributed by atoms with Crippen LogP contribution in [0.25, 0.3) is 11.1 Å². The SMILES string of the molecule is COc1ccc(-c2cccc(C(=O)O)c2C)c(OC)c1Br. The summed E-state index contributed by atoms with van der Waals surface area (Å²) in [7, 11) is 3.15. The lowest BCUT2D eigenvalue weighted by Gasteiger charge is -2.16. The van der Waals surface area contributed by atoms with Crippen LogP contribution in [0.3, 0.4) is 0 Å². The van der Waals surface area contributed by atoms with Gasteiger partial charge in [-0.15, -0.1) is 0 Å². The zero-order valence-electron chi connectivity index (χ0n) is 11.9. The molecular formula is C16H15BrO4. The molecule has 0 fully saturated rings. The van der Waals surface area contributed by atoms with Crippen LogP contribution in [-0.4, -0.2) is 25.3 Å². The van der Waals surface area contributed by atoms with Crippen LogP contribution >= 0.6 is 15.9 Å². The maximum Gasteiger partial charge on any atom is 0.335 e. The summed E-state index contributed by atoms with van der Waals surface area (Å²) in [4.78, 5) is 11.3. The second kappa shape index (κ2) is 6.18. The van der Waals surface area contributed by atoms with Gasteiger partial charge in [-0.05, 0) is 52.2 Å². The van der Waals surface area contributed by atoms with Crippen molar-refractivity contribution in [1.82, 2.24) is 0 Å². The molecule has 0 aliphatic rings. The molecule has 0 bridgehead atoms. The van der Waals surface area contributed by atoms with E-state index in [0.29, 0.717) is 21.5 Å². The third-order valence-electron chi connectivity index (χ3n) is 3.34. The fourth-order valence-electron chi connectivity index (χ4n) is 2.27. The van der Waals surface area contributed by atoms with E-state index in [9.17, 15) is 9.90 Å². The number of hydrogen-bond donors (Lipinski definition) is 1. The predicted octanol–water partition coefficient (Wildman–Crippen LogP) is 4.14. The third kappa shape index (κ3) is 2.74. The van der Waals surface area contributed by atoms with E-state index in [1.807, 2.05) is 18.2 Å². The molecule has 21 heavy (non-hydrogen) atoms. The van der Waals surface area contributed by atoms with Gasteiger partial charge in [0, 0.05) is 5.56 Å². The minimum Gasteiger partial charge on any atom is -0.495 e. The number of rotatable bonds is 4. The summed E-state index contributed by atoms with van der Waals surface area (Å²) in [6.45, 7) is 1.79. The van der Waals surface area contributed by atoms with Gasteiger partial charge in [0.1, 0.15) is 16.0 Å². The van der Waals surface area contributed by atoms with Crippen molar-refractivity contribution in [3.8, 4) is 22.6 Å². The second-order valence-corrected chi connectivity index (χ2v) is 5.24. The largest absolute Gasteiger partial charge is 0.495 e. The average Bonchev–Trinajstić information content (AvgIpc) is 2.47. The van der Waals surface area contributed by atoms with Crippen LogP contribution in [0.4, 0.5) is 0 Å². The molecule has 110 valence electrons. The highest BCUT2D eigenvalue weighted by molar-refractivity contribution is 9.10. The molecule has 2 rings (SSSR count). The first-order valence-electron chi connectivity index (χ1n) is 6.25. The highest BCUT2D eigenvalue weighted by Crippen LogP contribution is 2.43. The van der Waals surface area contributed by atoms with E-state index in [2.05, 4.69) is 15.9 Å². The van der Waals surface area contributed by atoms with Crippen molar-refractivity contribution < 1.29 is 19.4 Å². The maximum atomic E-state index is 11.3. The number of hydrogen-bond acceptors (Lipinski definition) is 3. The zero-order valence-corrected chi connectivity index (χ0v) is 13.5. The monoisotopic (exact) mass is 350 g/mol. The highest BCUT2D eigenvalue weighted by atomic mass is 79.9. The molecule has 0 unspecified atom stereocenters. The van der Waals surface area contributed by atoms with Crippen molar-refractivity contribution in [2.24, 2.45) is 0 Å². The molecular weight excluding hydrogens is 336 g/mol. The Balaban J connectivity index is 2.71. The molecule has 0 atom stereocenters. The summed E-state index contributed by atoms with van der Waals surface area (Å²) in [5, 5.41) is 9.24. The van der Waals surface area contributed by atoms with Crippen molar-refractivity contribution in [3.63, 3.8) is 0 Å². The topological polar surface area (TPSA) is 55.8 Å². The average molecular weight is 351 g/mol. The van der Waals surface area contributed by atoms with Crippen LogP contribution in [0.1, 0.15) is 15.9 Å². The molecule has 0 amide bonds. The van der Waals surface area contributed by atoms with Crippen molar-refractivity contribution in [1.29, 1.82) is 0 Å². The summed E-state index contributed by atoms with van der Waals surface area (Å²) in [5.74, 6) is 0.323. The van der Waals surface area contributed by atoms with E-state index in [1.165, 1.54) is 0 Å². The Morgan fingerprint density at radius 2 is 1.81 bits per heavy atom. The number of ether oxygens (including phenoxy) is 2.